The summed E-state index contributed by atoms with van der Waals surface area (Å²) in [6.07, 6.45) is 3.32. The predicted molar refractivity (Wildman–Crippen MR) is 37.6 cm³/mol. The average Bonchev–Trinajstić information content (AvgIpc) is 1.89. The molecule has 2 unspecified atom stereocenters. The Kier molecular flexibility index (Phi) is 2.77. The Balaban J connectivity index is 2.30. The van der Waals surface area contributed by atoms with Gasteiger partial charge in [0, 0.05) is 11.8 Å². The fourth-order valence-electron chi connectivity index (χ4n) is 1.34. The first kappa shape index (κ1) is 7.33. The highest BCUT2D eigenvalue weighted by Gasteiger charge is 2.23. The van der Waals surface area contributed by atoms with E-state index < -0.39 is 6.17 Å². The summed E-state index contributed by atoms with van der Waals surface area (Å²) in [7, 11) is 0. The Morgan fingerprint density at radius 1 is 1.33 bits per heavy atom. The van der Waals surface area contributed by atoms with Gasteiger partial charge in [0.25, 0.3) is 0 Å². The van der Waals surface area contributed by atoms with E-state index in [1.54, 1.807) is 0 Å². The van der Waals surface area contributed by atoms with Gasteiger partial charge < -0.3 is 0 Å². The molecule has 0 aliphatic heterocycles. The van der Waals surface area contributed by atoms with Crippen molar-refractivity contribution in [1.82, 2.24) is 0 Å². The minimum atomic E-state index is -0.615. The van der Waals surface area contributed by atoms with Crippen molar-refractivity contribution in [1.29, 1.82) is 0 Å². The van der Waals surface area contributed by atoms with Crippen molar-refractivity contribution >= 4 is 11.6 Å². The fourth-order valence-corrected chi connectivity index (χ4v) is 1.68. The largest absolute Gasteiger partial charge is 0.247 e. The standard InChI is InChI=1S/C7H12ClF/c8-5-6-3-1-2-4-7(6)9/h6-7H,1-5H2. The van der Waals surface area contributed by atoms with Crippen LogP contribution in [0.2, 0.25) is 0 Å². The molecule has 1 aliphatic carbocycles. The van der Waals surface area contributed by atoms with E-state index in [2.05, 4.69) is 0 Å². The number of hydrogen-bond acceptors (Lipinski definition) is 0. The van der Waals surface area contributed by atoms with E-state index in [1.807, 2.05) is 0 Å². The topological polar surface area (TPSA) is 0 Å². The lowest BCUT2D eigenvalue weighted by Crippen LogP contribution is -2.21. The third kappa shape index (κ3) is 1.82. The molecule has 0 spiro atoms. The zero-order valence-electron chi connectivity index (χ0n) is 5.45. The third-order valence-corrected chi connectivity index (χ3v) is 2.41. The number of halogens is 2. The maximum atomic E-state index is 12.8. The second-order valence-corrected chi connectivity index (χ2v) is 3.02. The van der Waals surface area contributed by atoms with Crippen LogP contribution in [0.25, 0.3) is 0 Å². The maximum Gasteiger partial charge on any atom is 0.104 e. The van der Waals surface area contributed by atoms with Crippen molar-refractivity contribution in [2.75, 3.05) is 5.88 Å². The second-order valence-electron chi connectivity index (χ2n) is 2.71. The van der Waals surface area contributed by atoms with E-state index in [-0.39, 0.29) is 5.92 Å². The molecule has 1 fully saturated rings. The molecule has 0 radical (unpaired) electrons. The first-order chi connectivity index (χ1) is 4.34. The predicted octanol–water partition coefficient (Wildman–Crippen LogP) is 2.75. The molecule has 1 aliphatic rings. The molecule has 0 bridgehead atoms. The van der Waals surface area contributed by atoms with Crippen LogP contribution in [0, 0.1) is 5.92 Å². The van der Waals surface area contributed by atoms with Crippen LogP contribution >= 0.6 is 11.6 Å². The van der Waals surface area contributed by atoms with Crippen molar-refractivity contribution in [3.05, 3.63) is 0 Å². The van der Waals surface area contributed by atoms with Crippen LogP contribution < -0.4 is 0 Å². The quantitative estimate of drug-likeness (QED) is 0.505. The van der Waals surface area contributed by atoms with Gasteiger partial charge in [-0.15, -0.1) is 11.6 Å². The Morgan fingerprint density at radius 2 is 2.00 bits per heavy atom. The summed E-state index contributed by atoms with van der Waals surface area (Å²) >= 11 is 5.54. The highest BCUT2D eigenvalue weighted by Crippen LogP contribution is 2.27. The third-order valence-electron chi connectivity index (χ3n) is 2.01. The molecule has 0 aromatic heterocycles. The van der Waals surface area contributed by atoms with E-state index in [0.717, 1.165) is 25.7 Å². The first-order valence-electron chi connectivity index (χ1n) is 3.54. The van der Waals surface area contributed by atoms with E-state index in [0.29, 0.717) is 5.88 Å². The van der Waals surface area contributed by atoms with E-state index in [4.69, 9.17) is 11.6 Å². The van der Waals surface area contributed by atoms with Crippen molar-refractivity contribution in [2.45, 2.75) is 31.9 Å². The average molecular weight is 151 g/mol. The molecule has 54 valence electrons. The highest BCUT2D eigenvalue weighted by molar-refractivity contribution is 6.18. The molecule has 1 saturated carbocycles. The Bertz CT molecular complexity index is 85.0. The minimum Gasteiger partial charge on any atom is -0.247 e. The van der Waals surface area contributed by atoms with Gasteiger partial charge in [-0.3, -0.25) is 0 Å². The molecule has 2 atom stereocenters. The zero-order valence-corrected chi connectivity index (χ0v) is 6.20. The van der Waals surface area contributed by atoms with Crippen molar-refractivity contribution in [2.24, 2.45) is 5.92 Å². The lowest BCUT2D eigenvalue weighted by Gasteiger charge is -2.23. The summed E-state index contributed by atoms with van der Waals surface area (Å²) < 4.78 is 12.8. The summed E-state index contributed by atoms with van der Waals surface area (Å²) in [5, 5.41) is 0. The molecule has 0 amide bonds. The lowest BCUT2D eigenvalue weighted by molar-refractivity contribution is 0.182. The molecular weight excluding hydrogens is 139 g/mol. The van der Waals surface area contributed by atoms with Gasteiger partial charge in [0.05, 0.1) is 0 Å². The van der Waals surface area contributed by atoms with Crippen molar-refractivity contribution < 1.29 is 4.39 Å². The van der Waals surface area contributed by atoms with Gasteiger partial charge in [0.2, 0.25) is 0 Å². The van der Waals surface area contributed by atoms with Gasteiger partial charge in [0.1, 0.15) is 6.17 Å². The minimum absolute atomic E-state index is 0.153. The first-order valence-corrected chi connectivity index (χ1v) is 4.08. The second kappa shape index (κ2) is 3.40. The smallest absolute Gasteiger partial charge is 0.104 e. The monoisotopic (exact) mass is 150 g/mol. The molecule has 2 heteroatoms. The molecule has 1 rings (SSSR count). The Labute approximate surface area is 60.4 Å². The lowest BCUT2D eigenvalue weighted by atomic mass is 9.89. The van der Waals surface area contributed by atoms with Crippen LogP contribution in [0.3, 0.4) is 0 Å². The Hall–Kier alpha value is 0.220. The summed E-state index contributed by atoms with van der Waals surface area (Å²) in [6.45, 7) is 0. The van der Waals surface area contributed by atoms with Gasteiger partial charge in [0.15, 0.2) is 0 Å². The molecular formula is C7H12ClF. The molecule has 0 saturated heterocycles. The number of rotatable bonds is 1. The molecule has 0 nitrogen and oxygen atoms in total. The SMILES string of the molecule is FC1CCCCC1CCl. The number of hydrogen-bond donors (Lipinski definition) is 0. The highest BCUT2D eigenvalue weighted by atomic mass is 35.5. The van der Waals surface area contributed by atoms with E-state index in [1.165, 1.54) is 0 Å². The maximum absolute atomic E-state index is 12.8. The van der Waals surface area contributed by atoms with E-state index >= 15 is 0 Å². The summed E-state index contributed by atoms with van der Waals surface area (Å²) in [5.74, 6) is 0.654. The van der Waals surface area contributed by atoms with Gasteiger partial charge in [-0.25, -0.2) is 4.39 Å². The molecule has 9 heavy (non-hydrogen) atoms. The summed E-state index contributed by atoms with van der Waals surface area (Å²) in [4.78, 5) is 0. The van der Waals surface area contributed by atoms with Crippen molar-refractivity contribution in [3.63, 3.8) is 0 Å². The zero-order chi connectivity index (χ0) is 6.69. The fraction of sp³-hybridized carbons (Fsp3) is 1.00. The van der Waals surface area contributed by atoms with E-state index in [9.17, 15) is 4.39 Å². The van der Waals surface area contributed by atoms with Crippen LogP contribution in [0.1, 0.15) is 25.7 Å². The van der Waals surface area contributed by atoms with Crippen LogP contribution in [-0.4, -0.2) is 12.1 Å². The van der Waals surface area contributed by atoms with Gasteiger partial charge in [-0.1, -0.05) is 12.8 Å². The molecule has 0 heterocycles. The normalized spacial score (nSPS) is 36.7. The van der Waals surface area contributed by atoms with Crippen molar-refractivity contribution in [3.8, 4) is 0 Å². The van der Waals surface area contributed by atoms with Crippen LogP contribution in [0.15, 0.2) is 0 Å². The molecule has 0 N–H and O–H groups in total. The molecule has 0 aromatic carbocycles. The molecule has 0 aromatic rings. The number of alkyl halides is 2. The van der Waals surface area contributed by atoms with Gasteiger partial charge in [-0.05, 0) is 12.8 Å². The summed E-state index contributed by atoms with van der Waals surface area (Å²) in [6, 6.07) is 0. The van der Waals surface area contributed by atoms with Crippen LogP contribution in [0.5, 0.6) is 0 Å². The Morgan fingerprint density at radius 3 is 2.44 bits per heavy atom. The summed E-state index contributed by atoms with van der Waals surface area (Å²) in [5.41, 5.74) is 0. The van der Waals surface area contributed by atoms with Crippen LogP contribution in [0.4, 0.5) is 4.39 Å². The van der Waals surface area contributed by atoms with Gasteiger partial charge in [-0.2, -0.15) is 0 Å². The van der Waals surface area contributed by atoms with Gasteiger partial charge >= 0.3 is 0 Å². The van der Waals surface area contributed by atoms with Crippen LogP contribution in [-0.2, 0) is 0 Å².